The molecule has 5 heteroatoms. The molecule has 2 rings (SSSR count). The van der Waals surface area contributed by atoms with Crippen molar-refractivity contribution in [2.75, 3.05) is 0 Å². The molecule has 1 atom stereocenters. The van der Waals surface area contributed by atoms with Gasteiger partial charge in [-0.15, -0.1) is 0 Å². The van der Waals surface area contributed by atoms with Crippen LogP contribution in [0.4, 0.5) is 0 Å². The van der Waals surface area contributed by atoms with Gasteiger partial charge in [0.2, 0.25) is 0 Å². The fourth-order valence-electron chi connectivity index (χ4n) is 1.73. The molecule has 5 nitrogen and oxygen atoms in total. The second-order valence-electron chi connectivity index (χ2n) is 4.80. The maximum absolute atomic E-state index is 4.54. The van der Waals surface area contributed by atoms with Gasteiger partial charge in [-0.05, 0) is 26.3 Å². The molecule has 2 heterocycles. The van der Waals surface area contributed by atoms with Gasteiger partial charge >= 0.3 is 0 Å². The molecule has 0 aliphatic rings. The summed E-state index contributed by atoms with van der Waals surface area (Å²) in [5, 5.41) is 7.87. The molecule has 0 aromatic carbocycles. The molecule has 2 aromatic rings. The fraction of sp³-hybridized carbons (Fsp3) is 0.500. The summed E-state index contributed by atoms with van der Waals surface area (Å²) in [6.07, 6.45) is 6.72. The van der Waals surface area contributed by atoms with E-state index in [4.69, 9.17) is 0 Å². The predicted octanol–water partition coefficient (Wildman–Crippen LogP) is 2.24. The molecule has 19 heavy (non-hydrogen) atoms. The third kappa shape index (κ3) is 3.86. The first kappa shape index (κ1) is 13.7. The van der Waals surface area contributed by atoms with Crippen molar-refractivity contribution in [3.05, 3.63) is 41.7 Å². The number of nitrogens with one attached hydrogen (secondary N) is 1. The molecular weight excluding hydrogens is 238 g/mol. The van der Waals surface area contributed by atoms with Crippen molar-refractivity contribution in [1.82, 2.24) is 25.1 Å². The molecule has 0 saturated heterocycles. The minimum atomic E-state index is 0.455. The van der Waals surface area contributed by atoms with Gasteiger partial charge in [-0.1, -0.05) is 6.92 Å². The summed E-state index contributed by atoms with van der Waals surface area (Å²) in [7, 11) is 0. The van der Waals surface area contributed by atoms with Crippen LogP contribution in [0.25, 0.3) is 0 Å². The summed E-state index contributed by atoms with van der Waals surface area (Å²) in [5.74, 6) is 0. The summed E-state index contributed by atoms with van der Waals surface area (Å²) >= 11 is 0. The van der Waals surface area contributed by atoms with Gasteiger partial charge in [0.15, 0.2) is 0 Å². The van der Waals surface area contributed by atoms with Crippen molar-refractivity contribution < 1.29 is 0 Å². The van der Waals surface area contributed by atoms with Crippen LogP contribution in [0, 0.1) is 6.92 Å². The molecule has 0 amide bonds. The third-order valence-electron chi connectivity index (χ3n) is 3.15. The van der Waals surface area contributed by atoms with Gasteiger partial charge in [0.25, 0.3) is 0 Å². The minimum absolute atomic E-state index is 0.455. The van der Waals surface area contributed by atoms with Crippen LogP contribution in [0.15, 0.2) is 24.7 Å². The van der Waals surface area contributed by atoms with E-state index >= 15 is 0 Å². The van der Waals surface area contributed by atoms with E-state index in [0.717, 1.165) is 30.0 Å². The Bertz CT molecular complexity index is 503. The highest BCUT2D eigenvalue weighted by Gasteiger charge is 2.04. The monoisotopic (exact) mass is 259 g/mol. The van der Waals surface area contributed by atoms with Crippen LogP contribution in [0.3, 0.4) is 0 Å². The number of hydrogen-bond acceptors (Lipinski definition) is 4. The highest BCUT2D eigenvalue weighted by atomic mass is 15.3. The summed E-state index contributed by atoms with van der Waals surface area (Å²) in [6, 6.07) is 2.51. The Balaban J connectivity index is 1.82. The van der Waals surface area contributed by atoms with Gasteiger partial charge in [-0.2, -0.15) is 5.10 Å². The number of aromatic nitrogens is 4. The highest BCUT2D eigenvalue weighted by Crippen LogP contribution is 2.09. The lowest BCUT2D eigenvalue weighted by Crippen LogP contribution is -2.15. The second kappa shape index (κ2) is 6.43. The van der Waals surface area contributed by atoms with Crippen LogP contribution in [0.5, 0.6) is 0 Å². The lowest BCUT2D eigenvalue weighted by molar-refractivity contribution is 0.471. The Labute approximate surface area is 114 Å². The van der Waals surface area contributed by atoms with Crippen molar-refractivity contribution in [1.29, 1.82) is 0 Å². The fourth-order valence-corrected chi connectivity index (χ4v) is 1.73. The molecule has 0 aliphatic heterocycles. The zero-order valence-electron chi connectivity index (χ0n) is 11.8. The zero-order valence-corrected chi connectivity index (χ0v) is 11.8. The van der Waals surface area contributed by atoms with E-state index in [0.29, 0.717) is 12.6 Å². The first-order chi connectivity index (χ1) is 9.19. The molecule has 0 saturated carbocycles. The maximum Gasteiger partial charge on any atom is 0.0762 e. The largest absolute Gasteiger partial charge is 0.305 e. The van der Waals surface area contributed by atoms with Crippen LogP contribution in [-0.4, -0.2) is 19.7 Å². The first-order valence-electron chi connectivity index (χ1n) is 6.71. The number of nitrogens with zero attached hydrogens (tertiary/aromatic N) is 4. The van der Waals surface area contributed by atoms with E-state index in [-0.39, 0.29) is 0 Å². The topological polar surface area (TPSA) is 55.6 Å². The summed E-state index contributed by atoms with van der Waals surface area (Å²) in [6.45, 7) is 7.74. The third-order valence-corrected chi connectivity index (χ3v) is 3.15. The Morgan fingerprint density at radius 1 is 1.21 bits per heavy atom. The van der Waals surface area contributed by atoms with Crippen LogP contribution < -0.4 is 5.32 Å². The molecule has 1 N–H and O–H groups in total. The standard InChI is InChI=1S/C14H21N5/c1-4-12(3)19-6-5-13(18-19)8-15-9-14-10-16-11(2)7-17-14/h5-7,10,12,15H,4,8-9H2,1-3H3. The van der Waals surface area contributed by atoms with Crippen LogP contribution in [0.2, 0.25) is 0 Å². The Hall–Kier alpha value is -1.75. The van der Waals surface area contributed by atoms with Gasteiger partial charge < -0.3 is 5.32 Å². The maximum atomic E-state index is 4.54. The molecule has 0 bridgehead atoms. The van der Waals surface area contributed by atoms with E-state index < -0.39 is 0 Å². The molecule has 2 aromatic heterocycles. The lowest BCUT2D eigenvalue weighted by Gasteiger charge is -2.08. The van der Waals surface area contributed by atoms with Gasteiger partial charge in [0.1, 0.15) is 0 Å². The summed E-state index contributed by atoms with van der Waals surface area (Å²) < 4.78 is 2.02. The van der Waals surface area contributed by atoms with Gasteiger partial charge in [0.05, 0.1) is 17.1 Å². The molecule has 0 fully saturated rings. The first-order valence-corrected chi connectivity index (χ1v) is 6.71. The number of rotatable bonds is 6. The predicted molar refractivity (Wildman–Crippen MR) is 74.5 cm³/mol. The zero-order chi connectivity index (χ0) is 13.7. The number of hydrogen-bond donors (Lipinski definition) is 1. The molecule has 0 radical (unpaired) electrons. The van der Waals surface area contributed by atoms with Gasteiger partial charge in [-0.25, -0.2) is 0 Å². The van der Waals surface area contributed by atoms with Gasteiger partial charge in [0, 0.05) is 37.7 Å². The molecule has 0 spiro atoms. The summed E-state index contributed by atoms with van der Waals surface area (Å²) in [5.41, 5.74) is 2.95. The Morgan fingerprint density at radius 2 is 2.00 bits per heavy atom. The van der Waals surface area contributed by atoms with E-state index in [1.54, 1.807) is 12.4 Å². The molecule has 0 aliphatic carbocycles. The summed E-state index contributed by atoms with van der Waals surface area (Å²) in [4.78, 5) is 8.53. The number of aryl methyl sites for hydroxylation is 1. The molecule has 1 unspecified atom stereocenters. The van der Waals surface area contributed by atoms with Crippen molar-refractivity contribution >= 4 is 0 Å². The van der Waals surface area contributed by atoms with Crippen LogP contribution >= 0.6 is 0 Å². The highest BCUT2D eigenvalue weighted by molar-refractivity contribution is 5.02. The van der Waals surface area contributed by atoms with Crippen molar-refractivity contribution in [3.8, 4) is 0 Å². The van der Waals surface area contributed by atoms with Crippen LogP contribution in [-0.2, 0) is 13.1 Å². The average molecular weight is 259 g/mol. The Kier molecular flexibility index (Phi) is 4.63. The van der Waals surface area contributed by atoms with Crippen molar-refractivity contribution in [2.24, 2.45) is 0 Å². The second-order valence-corrected chi connectivity index (χ2v) is 4.80. The lowest BCUT2D eigenvalue weighted by atomic mass is 10.3. The average Bonchev–Trinajstić information content (AvgIpc) is 2.89. The SMILES string of the molecule is CCC(C)n1ccc(CNCc2cnc(C)cn2)n1. The quantitative estimate of drug-likeness (QED) is 0.864. The van der Waals surface area contributed by atoms with Crippen molar-refractivity contribution in [3.63, 3.8) is 0 Å². The Morgan fingerprint density at radius 3 is 2.68 bits per heavy atom. The minimum Gasteiger partial charge on any atom is -0.305 e. The van der Waals surface area contributed by atoms with E-state index in [9.17, 15) is 0 Å². The normalized spacial score (nSPS) is 12.6. The molecule has 102 valence electrons. The van der Waals surface area contributed by atoms with E-state index in [2.05, 4.69) is 40.3 Å². The van der Waals surface area contributed by atoms with Crippen molar-refractivity contribution in [2.45, 2.75) is 46.3 Å². The van der Waals surface area contributed by atoms with Crippen LogP contribution in [0.1, 0.15) is 43.4 Å². The van der Waals surface area contributed by atoms with E-state index in [1.165, 1.54) is 0 Å². The van der Waals surface area contributed by atoms with Gasteiger partial charge in [-0.3, -0.25) is 14.6 Å². The molecular formula is C14H21N5. The van der Waals surface area contributed by atoms with E-state index in [1.807, 2.05) is 17.8 Å². The smallest absolute Gasteiger partial charge is 0.0762 e.